The fourth-order valence-corrected chi connectivity index (χ4v) is 4.88. The van der Waals surface area contributed by atoms with Gasteiger partial charge in [-0.15, -0.1) is 0 Å². The first-order valence-corrected chi connectivity index (χ1v) is 14.8. The van der Waals surface area contributed by atoms with Crippen molar-refractivity contribution in [2.24, 2.45) is 11.3 Å². The van der Waals surface area contributed by atoms with Crippen LogP contribution in [0.2, 0.25) is 0 Å². The van der Waals surface area contributed by atoms with Crippen molar-refractivity contribution >= 4 is 17.7 Å². The van der Waals surface area contributed by atoms with E-state index in [9.17, 15) is 4.79 Å². The Balaban J connectivity index is 3.86. The fraction of sp³-hybridized carbons (Fsp3) is 0.964. The van der Waals surface area contributed by atoms with E-state index in [0.717, 1.165) is 5.75 Å². The molecule has 186 valence electrons. The van der Waals surface area contributed by atoms with Crippen molar-refractivity contribution in [2.45, 2.75) is 144 Å². The summed E-state index contributed by atoms with van der Waals surface area (Å²) in [6, 6.07) is 0. The molecule has 1 unspecified atom stereocenters. The summed E-state index contributed by atoms with van der Waals surface area (Å²) in [6.07, 6.45) is 21.5. The molecule has 1 atom stereocenters. The van der Waals surface area contributed by atoms with Crippen molar-refractivity contribution in [3.63, 3.8) is 0 Å². The summed E-state index contributed by atoms with van der Waals surface area (Å²) in [5.74, 6) is 2.68. The molecule has 0 N–H and O–H groups in total. The first kappa shape index (κ1) is 30.8. The molecule has 0 aliphatic rings. The van der Waals surface area contributed by atoms with E-state index in [1.807, 2.05) is 11.8 Å². The highest BCUT2D eigenvalue weighted by Gasteiger charge is 2.12. The van der Waals surface area contributed by atoms with Crippen molar-refractivity contribution < 1.29 is 9.53 Å². The zero-order valence-electron chi connectivity index (χ0n) is 21.9. The summed E-state index contributed by atoms with van der Waals surface area (Å²) in [4.78, 5) is 12.2. The maximum absolute atomic E-state index is 12.2. The van der Waals surface area contributed by atoms with E-state index < -0.39 is 0 Å². The molecule has 31 heavy (non-hydrogen) atoms. The van der Waals surface area contributed by atoms with Gasteiger partial charge in [0, 0.05) is 5.75 Å². The van der Waals surface area contributed by atoms with E-state index in [0.29, 0.717) is 24.4 Å². The minimum atomic E-state index is 0.0155. The lowest BCUT2D eigenvalue weighted by atomic mass is 9.90. The predicted molar refractivity (Wildman–Crippen MR) is 141 cm³/mol. The molecule has 0 saturated heterocycles. The Bertz CT molecular complexity index is 389. The van der Waals surface area contributed by atoms with Gasteiger partial charge in [-0.1, -0.05) is 112 Å². The van der Waals surface area contributed by atoms with E-state index in [2.05, 4.69) is 34.6 Å². The van der Waals surface area contributed by atoms with Crippen LogP contribution in [0.1, 0.15) is 144 Å². The Labute approximate surface area is 200 Å². The Kier molecular flexibility index (Phi) is 21.5. The van der Waals surface area contributed by atoms with E-state index in [1.54, 1.807) is 0 Å². The lowest BCUT2D eigenvalue weighted by Crippen LogP contribution is -2.15. The average molecular weight is 457 g/mol. The van der Waals surface area contributed by atoms with Gasteiger partial charge in [-0.25, -0.2) is 0 Å². The number of rotatable bonds is 22. The lowest BCUT2D eigenvalue weighted by molar-refractivity contribution is -0.144. The largest absolute Gasteiger partial charge is 0.465 e. The standard InChI is InChI=1S/C28H56O2S/c1-6-8-10-12-13-16-20-26(19-15-11-9-7-2)25-30-27(29)21-24-31-23-18-14-17-22-28(3,4)5/h26H,6-25H2,1-5H3. The van der Waals surface area contributed by atoms with Crippen molar-refractivity contribution in [3.05, 3.63) is 0 Å². The van der Waals surface area contributed by atoms with Gasteiger partial charge in [-0.05, 0) is 42.8 Å². The van der Waals surface area contributed by atoms with Gasteiger partial charge in [-0.3, -0.25) is 4.79 Å². The molecule has 0 bridgehead atoms. The topological polar surface area (TPSA) is 26.3 Å². The number of thioether (sulfide) groups is 1. The molecular weight excluding hydrogens is 400 g/mol. The molecule has 0 aliphatic heterocycles. The van der Waals surface area contributed by atoms with E-state index in [4.69, 9.17) is 4.74 Å². The number of carbonyl (C=O) groups excluding carboxylic acids is 1. The molecule has 2 nitrogen and oxygen atoms in total. The maximum Gasteiger partial charge on any atom is 0.306 e. The summed E-state index contributed by atoms with van der Waals surface area (Å²) in [6.45, 7) is 12.1. The Hall–Kier alpha value is -0.180. The van der Waals surface area contributed by atoms with E-state index in [1.165, 1.54) is 108 Å². The summed E-state index contributed by atoms with van der Waals surface area (Å²) >= 11 is 1.92. The normalized spacial score (nSPS) is 12.8. The zero-order chi connectivity index (χ0) is 23.2. The zero-order valence-corrected chi connectivity index (χ0v) is 22.8. The van der Waals surface area contributed by atoms with Crippen LogP contribution in [0.15, 0.2) is 0 Å². The Morgan fingerprint density at radius 3 is 1.90 bits per heavy atom. The van der Waals surface area contributed by atoms with Crippen LogP contribution < -0.4 is 0 Å². The molecule has 0 saturated carbocycles. The highest BCUT2D eigenvalue weighted by atomic mass is 32.2. The second-order valence-corrected chi connectivity index (χ2v) is 11.9. The minimum absolute atomic E-state index is 0.0155. The molecule has 0 rings (SSSR count). The summed E-state index contributed by atoms with van der Waals surface area (Å²) < 4.78 is 5.69. The first-order chi connectivity index (χ1) is 14.9. The smallest absolute Gasteiger partial charge is 0.306 e. The number of unbranched alkanes of at least 4 members (excludes halogenated alkanes) is 10. The highest BCUT2D eigenvalue weighted by Crippen LogP contribution is 2.23. The van der Waals surface area contributed by atoms with Crippen LogP contribution in [-0.2, 0) is 9.53 Å². The number of ether oxygens (including phenoxy) is 1. The quantitative estimate of drug-likeness (QED) is 0.120. The molecule has 3 heteroatoms. The first-order valence-electron chi connectivity index (χ1n) is 13.6. The maximum atomic E-state index is 12.2. The molecule has 0 aromatic carbocycles. The van der Waals surface area contributed by atoms with Crippen LogP contribution in [0.25, 0.3) is 0 Å². The van der Waals surface area contributed by atoms with E-state index >= 15 is 0 Å². The van der Waals surface area contributed by atoms with Gasteiger partial charge in [0.25, 0.3) is 0 Å². The molecule has 0 spiro atoms. The van der Waals surface area contributed by atoms with Crippen LogP contribution in [-0.4, -0.2) is 24.1 Å². The molecular formula is C28H56O2S. The van der Waals surface area contributed by atoms with E-state index in [-0.39, 0.29) is 5.97 Å². The molecule has 0 aliphatic carbocycles. The van der Waals surface area contributed by atoms with Gasteiger partial charge < -0.3 is 4.74 Å². The lowest BCUT2D eigenvalue weighted by Gasteiger charge is -2.17. The monoisotopic (exact) mass is 456 g/mol. The third-order valence-electron chi connectivity index (χ3n) is 6.08. The molecule has 0 aromatic rings. The number of hydrogen-bond donors (Lipinski definition) is 0. The van der Waals surface area contributed by atoms with Crippen LogP contribution in [0, 0.1) is 11.3 Å². The highest BCUT2D eigenvalue weighted by molar-refractivity contribution is 7.99. The summed E-state index contributed by atoms with van der Waals surface area (Å²) in [5, 5.41) is 0. The van der Waals surface area contributed by atoms with Crippen molar-refractivity contribution in [3.8, 4) is 0 Å². The predicted octanol–water partition coefficient (Wildman–Crippen LogP) is 9.60. The molecule has 0 aromatic heterocycles. The fourth-order valence-electron chi connectivity index (χ4n) is 3.96. The van der Waals surface area contributed by atoms with Crippen LogP contribution in [0.5, 0.6) is 0 Å². The second-order valence-electron chi connectivity index (χ2n) is 10.7. The summed E-state index contributed by atoms with van der Waals surface area (Å²) in [7, 11) is 0. The van der Waals surface area contributed by atoms with Gasteiger partial charge in [0.15, 0.2) is 0 Å². The van der Waals surface area contributed by atoms with Crippen LogP contribution >= 0.6 is 11.8 Å². The minimum Gasteiger partial charge on any atom is -0.465 e. The van der Waals surface area contributed by atoms with Gasteiger partial charge in [-0.2, -0.15) is 11.8 Å². The van der Waals surface area contributed by atoms with Crippen molar-refractivity contribution in [2.75, 3.05) is 18.1 Å². The van der Waals surface area contributed by atoms with Gasteiger partial charge in [0.1, 0.15) is 0 Å². The molecule has 0 fully saturated rings. The van der Waals surface area contributed by atoms with Crippen LogP contribution in [0.4, 0.5) is 0 Å². The second kappa shape index (κ2) is 21.7. The molecule has 0 amide bonds. The number of esters is 1. The SMILES string of the molecule is CCCCCCCCC(CCCCCC)COC(=O)CCSCCCCCC(C)(C)C. The summed E-state index contributed by atoms with van der Waals surface area (Å²) in [5.41, 5.74) is 0.458. The Morgan fingerprint density at radius 2 is 1.29 bits per heavy atom. The van der Waals surface area contributed by atoms with Crippen LogP contribution in [0.3, 0.4) is 0 Å². The Morgan fingerprint density at radius 1 is 0.742 bits per heavy atom. The molecule has 0 heterocycles. The van der Waals surface area contributed by atoms with Gasteiger partial charge in [0.05, 0.1) is 13.0 Å². The van der Waals surface area contributed by atoms with Gasteiger partial charge >= 0.3 is 5.97 Å². The average Bonchev–Trinajstić information content (AvgIpc) is 2.72. The van der Waals surface area contributed by atoms with Gasteiger partial charge in [0.2, 0.25) is 0 Å². The van der Waals surface area contributed by atoms with Crippen molar-refractivity contribution in [1.82, 2.24) is 0 Å². The third kappa shape index (κ3) is 24.3. The molecule has 0 radical (unpaired) electrons. The van der Waals surface area contributed by atoms with Crippen molar-refractivity contribution in [1.29, 1.82) is 0 Å². The third-order valence-corrected chi connectivity index (χ3v) is 7.15. The number of hydrogen-bond acceptors (Lipinski definition) is 3. The number of carbonyl (C=O) groups is 1.